The van der Waals surface area contributed by atoms with Gasteiger partial charge in [-0.2, -0.15) is 10.1 Å². The number of rotatable bonds is 8. The molecule has 3 heterocycles. The molecule has 5 rings (SSSR count). The van der Waals surface area contributed by atoms with Gasteiger partial charge in [0.25, 0.3) is 5.56 Å². The maximum Gasteiger partial charge on any atom is 0.277 e. The minimum Gasteiger partial charge on any atom is -0.494 e. The van der Waals surface area contributed by atoms with Gasteiger partial charge in [0.15, 0.2) is 0 Å². The molecule has 0 unspecified atom stereocenters. The van der Waals surface area contributed by atoms with Crippen molar-refractivity contribution >= 4 is 17.1 Å². The number of fused-ring (bicyclic) bond motifs is 1. The molecule has 0 radical (unpaired) electrons. The predicted molar refractivity (Wildman–Crippen MR) is 129 cm³/mol. The molecule has 2 aromatic carbocycles. The van der Waals surface area contributed by atoms with Crippen molar-refractivity contribution in [2.24, 2.45) is 0 Å². The van der Waals surface area contributed by atoms with Crippen molar-refractivity contribution in [2.45, 2.75) is 26.3 Å². The summed E-state index contributed by atoms with van der Waals surface area (Å²) < 4.78 is 14.2. The minimum absolute atomic E-state index is 0.146. The van der Waals surface area contributed by atoms with E-state index in [2.05, 4.69) is 22.2 Å². The first-order valence-corrected chi connectivity index (χ1v) is 11.4. The molecule has 0 amide bonds. The molecular formula is C25H22ClN5O3. The van der Waals surface area contributed by atoms with Gasteiger partial charge in [-0.25, -0.2) is 4.52 Å². The van der Waals surface area contributed by atoms with Crippen LogP contribution in [-0.2, 0) is 6.54 Å². The zero-order valence-electron chi connectivity index (χ0n) is 18.5. The Kier molecular flexibility index (Phi) is 6.14. The molecule has 3 aromatic heterocycles. The fourth-order valence-electron chi connectivity index (χ4n) is 3.56. The summed E-state index contributed by atoms with van der Waals surface area (Å²) in [5, 5.41) is 9.13. The van der Waals surface area contributed by atoms with Crippen LogP contribution in [-0.4, -0.2) is 30.9 Å². The second kappa shape index (κ2) is 9.52. The van der Waals surface area contributed by atoms with E-state index in [-0.39, 0.29) is 12.1 Å². The number of benzene rings is 2. The van der Waals surface area contributed by atoms with Gasteiger partial charge in [0.2, 0.25) is 11.7 Å². The van der Waals surface area contributed by atoms with Crippen molar-refractivity contribution in [3.8, 4) is 28.4 Å². The highest BCUT2D eigenvalue weighted by Gasteiger charge is 2.13. The maximum absolute atomic E-state index is 13.1. The summed E-state index contributed by atoms with van der Waals surface area (Å²) in [6, 6.07) is 16.7. The Labute approximate surface area is 200 Å². The van der Waals surface area contributed by atoms with Crippen LogP contribution in [0.15, 0.2) is 76.3 Å². The molecule has 0 N–H and O–H groups in total. The number of halogens is 1. The molecule has 5 aromatic rings. The van der Waals surface area contributed by atoms with E-state index in [1.165, 1.54) is 4.57 Å². The van der Waals surface area contributed by atoms with Gasteiger partial charge < -0.3 is 13.8 Å². The van der Waals surface area contributed by atoms with Gasteiger partial charge >= 0.3 is 0 Å². The Hall–Kier alpha value is -3.91. The van der Waals surface area contributed by atoms with Crippen LogP contribution in [0, 0.1) is 0 Å². The topological polar surface area (TPSA) is 87.5 Å². The van der Waals surface area contributed by atoms with Crippen LogP contribution in [0.1, 0.15) is 25.7 Å². The highest BCUT2D eigenvalue weighted by molar-refractivity contribution is 6.30. The third kappa shape index (κ3) is 4.58. The quantitative estimate of drug-likeness (QED) is 0.290. The Bertz CT molecular complexity index is 1490. The molecule has 0 spiro atoms. The van der Waals surface area contributed by atoms with Crippen molar-refractivity contribution in [2.75, 3.05) is 6.61 Å². The number of hydrogen-bond acceptors (Lipinski definition) is 6. The lowest BCUT2D eigenvalue weighted by atomic mass is 10.1. The van der Waals surface area contributed by atoms with Crippen LogP contribution in [0.2, 0.25) is 5.02 Å². The number of unbranched alkanes of at least 4 members (excludes halogenated alkanes) is 1. The number of nitrogens with zero attached hydrogens (tertiary/aromatic N) is 5. The van der Waals surface area contributed by atoms with Crippen molar-refractivity contribution < 1.29 is 9.26 Å². The Morgan fingerprint density at radius 2 is 1.91 bits per heavy atom. The van der Waals surface area contributed by atoms with Gasteiger partial charge in [0.05, 0.1) is 12.3 Å². The summed E-state index contributed by atoms with van der Waals surface area (Å²) >= 11 is 6.04. The third-order valence-electron chi connectivity index (χ3n) is 5.38. The highest BCUT2D eigenvalue weighted by Crippen LogP contribution is 2.23. The van der Waals surface area contributed by atoms with Crippen LogP contribution in [0.3, 0.4) is 0 Å². The molecule has 0 saturated carbocycles. The van der Waals surface area contributed by atoms with E-state index < -0.39 is 0 Å². The van der Waals surface area contributed by atoms with Gasteiger partial charge in [-0.1, -0.05) is 42.2 Å². The van der Waals surface area contributed by atoms with Crippen molar-refractivity contribution in [3.63, 3.8) is 0 Å². The SMILES string of the molecule is CCCCOc1ccc(-c2cc3c(=O)n(Cc4nc(-c5cccc(Cl)c5)no4)ccn3n2)cc1. The fourth-order valence-corrected chi connectivity index (χ4v) is 3.75. The zero-order chi connectivity index (χ0) is 23.5. The predicted octanol–water partition coefficient (Wildman–Crippen LogP) is 5.09. The number of aromatic nitrogens is 5. The molecule has 9 heteroatoms. The molecular weight excluding hydrogens is 454 g/mol. The van der Waals surface area contributed by atoms with E-state index in [4.69, 9.17) is 20.9 Å². The van der Waals surface area contributed by atoms with Gasteiger partial charge in [-0.3, -0.25) is 4.79 Å². The summed E-state index contributed by atoms with van der Waals surface area (Å²) in [6.07, 6.45) is 5.50. The average molecular weight is 476 g/mol. The van der Waals surface area contributed by atoms with E-state index >= 15 is 0 Å². The average Bonchev–Trinajstić information content (AvgIpc) is 3.49. The van der Waals surface area contributed by atoms with Gasteiger partial charge in [-0.05, 0) is 48.9 Å². The van der Waals surface area contributed by atoms with Crippen molar-refractivity contribution in [1.29, 1.82) is 0 Å². The minimum atomic E-state index is -0.205. The van der Waals surface area contributed by atoms with Gasteiger partial charge in [0, 0.05) is 28.5 Å². The number of hydrogen-bond donors (Lipinski definition) is 0. The van der Waals surface area contributed by atoms with Gasteiger partial charge in [-0.15, -0.1) is 0 Å². The molecule has 8 nitrogen and oxygen atoms in total. The van der Waals surface area contributed by atoms with Crippen LogP contribution in [0.4, 0.5) is 0 Å². The second-order valence-corrected chi connectivity index (χ2v) is 8.28. The first kappa shape index (κ1) is 21.9. The first-order chi connectivity index (χ1) is 16.6. The molecule has 0 atom stereocenters. The lowest BCUT2D eigenvalue weighted by Crippen LogP contribution is -2.21. The molecule has 0 bridgehead atoms. The van der Waals surface area contributed by atoms with Crippen LogP contribution < -0.4 is 10.3 Å². The summed E-state index contributed by atoms with van der Waals surface area (Å²) in [6.45, 7) is 2.97. The smallest absolute Gasteiger partial charge is 0.277 e. The molecule has 34 heavy (non-hydrogen) atoms. The van der Waals surface area contributed by atoms with Crippen LogP contribution in [0.5, 0.6) is 5.75 Å². The van der Waals surface area contributed by atoms with Crippen LogP contribution in [0.25, 0.3) is 28.2 Å². The Morgan fingerprint density at radius 1 is 1.06 bits per heavy atom. The fraction of sp³-hybridized carbons (Fsp3) is 0.200. The molecule has 0 aliphatic carbocycles. The Balaban J connectivity index is 1.37. The zero-order valence-corrected chi connectivity index (χ0v) is 19.3. The lowest BCUT2D eigenvalue weighted by molar-refractivity contribution is 0.309. The normalized spacial score (nSPS) is 11.2. The monoisotopic (exact) mass is 475 g/mol. The summed E-state index contributed by atoms with van der Waals surface area (Å²) in [7, 11) is 0. The number of ether oxygens (including phenoxy) is 1. The molecule has 0 aliphatic heterocycles. The Morgan fingerprint density at radius 3 is 2.71 bits per heavy atom. The van der Waals surface area contributed by atoms with Crippen LogP contribution >= 0.6 is 11.6 Å². The summed E-state index contributed by atoms with van der Waals surface area (Å²) in [5.74, 6) is 1.56. The molecule has 172 valence electrons. The summed E-state index contributed by atoms with van der Waals surface area (Å²) in [4.78, 5) is 17.5. The molecule has 0 fully saturated rings. The van der Waals surface area contributed by atoms with E-state index in [9.17, 15) is 4.79 Å². The second-order valence-electron chi connectivity index (χ2n) is 7.84. The van der Waals surface area contributed by atoms with E-state index in [1.54, 1.807) is 35.1 Å². The van der Waals surface area contributed by atoms with E-state index in [0.717, 1.165) is 29.7 Å². The van der Waals surface area contributed by atoms with E-state index in [0.29, 0.717) is 34.6 Å². The third-order valence-corrected chi connectivity index (χ3v) is 5.61. The van der Waals surface area contributed by atoms with Crippen molar-refractivity contribution in [3.05, 3.63) is 88.3 Å². The van der Waals surface area contributed by atoms with Gasteiger partial charge in [0.1, 0.15) is 17.8 Å². The van der Waals surface area contributed by atoms with Crippen molar-refractivity contribution in [1.82, 2.24) is 24.3 Å². The lowest BCUT2D eigenvalue weighted by Gasteiger charge is -2.05. The molecule has 0 aliphatic rings. The highest BCUT2D eigenvalue weighted by atomic mass is 35.5. The largest absolute Gasteiger partial charge is 0.494 e. The maximum atomic E-state index is 13.1. The van der Waals surface area contributed by atoms with E-state index in [1.807, 2.05) is 36.4 Å². The first-order valence-electron chi connectivity index (χ1n) is 11.0. The standard InChI is InChI=1S/C25H22ClN5O3/c1-2-3-13-33-20-9-7-17(8-10-20)21-15-22-25(32)30(11-12-31(22)28-21)16-23-27-24(29-34-23)18-5-4-6-19(26)14-18/h4-12,14-15H,2-3,13,16H2,1H3. The molecule has 0 saturated heterocycles. The summed E-state index contributed by atoms with van der Waals surface area (Å²) in [5.41, 5.74) is 2.60.